The summed E-state index contributed by atoms with van der Waals surface area (Å²) in [6.07, 6.45) is 5.15. The van der Waals surface area contributed by atoms with E-state index in [2.05, 4.69) is 4.98 Å². The van der Waals surface area contributed by atoms with Gasteiger partial charge in [0.25, 0.3) is 16.1 Å². The fourth-order valence-corrected chi connectivity index (χ4v) is 3.05. The molecule has 0 saturated carbocycles. The smallest absolute Gasteiger partial charge is 0.277 e. The number of carbonyl (C=O) groups excluding carboxylic acids is 1. The number of rotatable bonds is 2. The summed E-state index contributed by atoms with van der Waals surface area (Å²) in [7, 11) is -3.68. The summed E-state index contributed by atoms with van der Waals surface area (Å²) in [6.45, 7) is 1.10. The first-order valence-electron chi connectivity index (χ1n) is 6.45. The van der Waals surface area contributed by atoms with E-state index in [1.54, 1.807) is 40.0 Å². The summed E-state index contributed by atoms with van der Waals surface area (Å²) in [6, 6.07) is 3.49. The Morgan fingerprint density at radius 2 is 1.90 bits per heavy atom. The van der Waals surface area contributed by atoms with Crippen molar-refractivity contribution in [1.29, 1.82) is 0 Å². The van der Waals surface area contributed by atoms with Crippen LogP contribution in [0.15, 0.2) is 30.7 Å². The molecule has 3 rings (SSSR count). The fourth-order valence-electron chi connectivity index (χ4n) is 2.37. The zero-order valence-corrected chi connectivity index (χ0v) is 12.0. The highest BCUT2D eigenvalue weighted by Gasteiger charge is 2.27. The Labute approximate surface area is 122 Å². The second-order valence-electron chi connectivity index (χ2n) is 4.85. The number of nitrogens with zero attached hydrogens (tertiary/aromatic N) is 4. The van der Waals surface area contributed by atoms with Crippen molar-refractivity contribution in [3.8, 4) is 0 Å². The summed E-state index contributed by atoms with van der Waals surface area (Å²) in [5, 5.41) is 5.08. The van der Waals surface area contributed by atoms with E-state index in [-0.39, 0.29) is 19.0 Å². The molecular formula is C12H15N5O3S. The third kappa shape index (κ3) is 2.75. The van der Waals surface area contributed by atoms with Crippen LogP contribution in [0, 0.1) is 0 Å². The summed E-state index contributed by atoms with van der Waals surface area (Å²) in [5.41, 5.74) is 1.31. The van der Waals surface area contributed by atoms with Gasteiger partial charge in [-0.05, 0) is 12.1 Å². The third-order valence-electron chi connectivity index (χ3n) is 3.52. The van der Waals surface area contributed by atoms with Crippen LogP contribution in [0.25, 0.3) is 5.65 Å². The second-order valence-corrected chi connectivity index (χ2v) is 6.39. The van der Waals surface area contributed by atoms with Gasteiger partial charge in [-0.2, -0.15) is 12.7 Å². The Balaban J connectivity index is 1.74. The number of pyridine rings is 1. The van der Waals surface area contributed by atoms with Gasteiger partial charge in [-0.3, -0.25) is 4.79 Å². The Morgan fingerprint density at radius 1 is 1.19 bits per heavy atom. The molecule has 8 nitrogen and oxygen atoms in total. The molecule has 0 bridgehead atoms. The summed E-state index contributed by atoms with van der Waals surface area (Å²) < 4.78 is 25.4. The molecule has 0 spiro atoms. The molecule has 0 aromatic carbocycles. The first kappa shape index (κ1) is 14.0. The van der Waals surface area contributed by atoms with Gasteiger partial charge < -0.3 is 9.30 Å². The number of hydrogen-bond donors (Lipinski definition) is 1. The standard InChI is InChI=1S/C12H15N5O3S/c13-21(19,20)17-7-5-15(6-8-17)12(18)10-1-2-11-14-3-4-16(11)9-10/h1-4,9H,5-8H2,(H2,13,19,20). The summed E-state index contributed by atoms with van der Waals surface area (Å²) in [4.78, 5) is 18.2. The van der Waals surface area contributed by atoms with Gasteiger partial charge in [0.2, 0.25) is 0 Å². The molecule has 1 aliphatic heterocycles. The highest BCUT2D eigenvalue weighted by Crippen LogP contribution is 2.11. The number of imidazole rings is 1. The maximum absolute atomic E-state index is 12.4. The quantitative estimate of drug-likeness (QED) is 0.792. The number of nitrogens with two attached hydrogens (primary N) is 1. The number of hydrogen-bond acceptors (Lipinski definition) is 4. The molecule has 1 amide bonds. The van der Waals surface area contributed by atoms with Crippen LogP contribution in [0.2, 0.25) is 0 Å². The largest absolute Gasteiger partial charge is 0.336 e. The zero-order valence-electron chi connectivity index (χ0n) is 11.2. The van der Waals surface area contributed by atoms with Gasteiger partial charge in [-0.25, -0.2) is 10.1 Å². The molecular weight excluding hydrogens is 294 g/mol. The first-order valence-corrected chi connectivity index (χ1v) is 7.95. The average molecular weight is 309 g/mol. The minimum Gasteiger partial charge on any atom is -0.336 e. The van der Waals surface area contributed by atoms with Crippen LogP contribution in [-0.2, 0) is 10.2 Å². The third-order valence-corrected chi connectivity index (χ3v) is 4.61. The topological polar surface area (TPSA) is 101 Å². The normalized spacial score (nSPS) is 17.3. The van der Waals surface area contributed by atoms with Gasteiger partial charge in [0.1, 0.15) is 5.65 Å². The van der Waals surface area contributed by atoms with Crippen molar-refractivity contribution in [2.45, 2.75) is 0 Å². The van der Waals surface area contributed by atoms with Gasteiger partial charge >= 0.3 is 0 Å². The first-order chi connectivity index (χ1) is 9.95. The van der Waals surface area contributed by atoms with Gasteiger partial charge in [-0.15, -0.1) is 0 Å². The predicted molar refractivity (Wildman–Crippen MR) is 75.8 cm³/mol. The highest BCUT2D eigenvalue weighted by atomic mass is 32.2. The lowest BCUT2D eigenvalue weighted by atomic mass is 10.2. The van der Waals surface area contributed by atoms with Crippen LogP contribution in [0.4, 0.5) is 0 Å². The number of fused-ring (bicyclic) bond motifs is 1. The molecule has 2 aromatic rings. The Hall–Kier alpha value is -1.97. The Bertz CT molecular complexity index is 777. The molecule has 21 heavy (non-hydrogen) atoms. The van der Waals surface area contributed by atoms with Crippen LogP contribution >= 0.6 is 0 Å². The summed E-state index contributed by atoms with van der Waals surface area (Å²) >= 11 is 0. The number of amides is 1. The van der Waals surface area contributed by atoms with Crippen molar-refractivity contribution in [1.82, 2.24) is 18.6 Å². The van der Waals surface area contributed by atoms with E-state index in [1.807, 2.05) is 0 Å². The molecule has 2 aromatic heterocycles. The minimum atomic E-state index is -3.68. The molecule has 1 fully saturated rings. The van der Waals surface area contributed by atoms with Crippen LogP contribution < -0.4 is 5.14 Å². The van der Waals surface area contributed by atoms with Gasteiger partial charge in [0.05, 0.1) is 5.56 Å². The van der Waals surface area contributed by atoms with Crippen molar-refractivity contribution in [2.75, 3.05) is 26.2 Å². The number of aromatic nitrogens is 2. The fraction of sp³-hybridized carbons (Fsp3) is 0.333. The Kier molecular flexibility index (Phi) is 3.40. The van der Waals surface area contributed by atoms with Crippen molar-refractivity contribution < 1.29 is 13.2 Å². The molecule has 0 unspecified atom stereocenters. The van der Waals surface area contributed by atoms with Crippen LogP contribution in [0.1, 0.15) is 10.4 Å². The minimum absolute atomic E-state index is 0.125. The highest BCUT2D eigenvalue weighted by molar-refractivity contribution is 7.86. The number of carbonyl (C=O) groups is 1. The molecule has 0 radical (unpaired) electrons. The van der Waals surface area contributed by atoms with E-state index >= 15 is 0 Å². The molecule has 1 saturated heterocycles. The van der Waals surface area contributed by atoms with Gasteiger partial charge in [-0.1, -0.05) is 0 Å². The SMILES string of the molecule is NS(=O)(=O)N1CCN(C(=O)c2ccc3nccn3c2)CC1. The Morgan fingerprint density at radius 3 is 2.57 bits per heavy atom. The maximum Gasteiger partial charge on any atom is 0.277 e. The maximum atomic E-state index is 12.4. The zero-order chi connectivity index (χ0) is 15.0. The van der Waals surface area contributed by atoms with E-state index < -0.39 is 10.2 Å². The lowest BCUT2D eigenvalue weighted by molar-refractivity contribution is 0.0697. The molecule has 0 aliphatic carbocycles. The number of piperazine rings is 1. The van der Waals surface area contributed by atoms with Gasteiger partial charge in [0, 0.05) is 44.8 Å². The summed E-state index contributed by atoms with van der Waals surface area (Å²) in [5.74, 6) is -0.125. The molecule has 2 N–H and O–H groups in total. The van der Waals surface area contributed by atoms with Gasteiger partial charge in [0.15, 0.2) is 0 Å². The van der Waals surface area contributed by atoms with Crippen LogP contribution in [0.3, 0.4) is 0 Å². The van der Waals surface area contributed by atoms with Crippen LogP contribution in [0.5, 0.6) is 0 Å². The molecule has 1 aliphatic rings. The average Bonchev–Trinajstić information content (AvgIpc) is 2.93. The van der Waals surface area contributed by atoms with Crippen molar-refractivity contribution >= 4 is 21.8 Å². The predicted octanol–water partition coefficient (Wildman–Crippen LogP) is -0.704. The second kappa shape index (κ2) is 5.10. The van der Waals surface area contributed by atoms with Crippen molar-refractivity contribution in [2.24, 2.45) is 5.14 Å². The van der Waals surface area contributed by atoms with Crippen LogP contribution in [-0.4, -0.2) is 59.1 Å². The van der Waals surface area contributed by atoms with E-state index in [1.165, 1.54) is 4.31 Å². The molecule has 3 heterocycles. The van der Waals surface area contributed by atoms with E-state index in [0.29, 0.717) is 18.7 Å². The van der Waals surface area contributed by atoms with Crippen molar-refractivity contribution in [3.05, 3.63) is 36.3 Å². The lowest BCUT2D eigenvalue weighted by Crippen LogP contribution is -2.52. The van der Waals surface area contributed by atoms with E-state index in [4.69, 9.17) is 5.14 Å². The lowest BCUT2D eigenvalue weighted by Gasteiger charge is -2.32. The molecule has 0 atom stereocenters. The van der Waals surface area contributed by atoms with Crippen molar-refractivity contribution in [3.63, 3.8) is 0 Å². The van der Waals surface area contributed by atoms with E-state index in [9.17, 15) is 13.2 Å². The molecule has 9 heteroatoms. The molecule has 112 valence electrons. The van der Waals surface area contributed by atoms with E-state index in [0.717, 1.165) is 5.65 Å². The monoisotopic (exact) mass is 309 g/mol.